The summed E-state index contributed by atoms with van der Waals surface area (Å²) in [5, 5.41) is 22.4. The second-order valence-corrected chi connectivity index (χ2v) is 3.42. The molecule has 18 heavy (non-hydrogen) atoms. The van der Waals surface area contributed by atoms with Gasteiger partial charge in [-0.1, -0.05) is 0 Å². The van der Waals surface area contributed by atoms with E-state index in [0.29, 0.717) is 19.8 Å². The van der Waals surface area contributed by atoms with Crippen molar-refractivity contribution in [2.24, 2.45) is 0 Å². The minimum atomic E-state index is -1.13. The summed E-state index contributed by atoms with van der Waals surface area (Å²) in [6.07, 6.45) is 0. The molecule has 0 aliphatic rings. The Labute approximate surface area is 104 Å². The van der Waals surface area contributed by atoms with Crippen molar-refractivity contribution in [3.63, 3.8) is 0 Å². The normalized spacial score (nSPS) is 10.1. The number of carboxylic acid groups (broad SMARTS) is 1. The van der Waals surface area contributed by atoms with Crippen LogP contribution in [0.2, 0.25) is 0 Å². The number of hydrogen-bond acceptors (Lipinski definition) is 5. The molecule has 0 unspecified atom stereocenters. The van der Waals surface area contributed by atoms with E-state index in [2.05, 4.69) is 5.32 Å². The number of carbonyl (C=O) groups is 1. The van der Waals surface area contributed by atoms with E-state index in [9.17, 15) is 14.9 Å². The van der Waals surface area contributed by atoms with Crippen LogP contribution in [0.15, 0.2) is 18.2 Å². The summed E-state index contributed by atoms with van der Waals surface area (Å²) in [5.41, 5.74) is 0.0237. The molecule has 7 heteroatoms. The molecule has 1 aromatic carbocycles. The highest BCUT2D eigenvalue weighted by atomic mass is 16.6. The molecular weight excluding hydrogens is 240 g/mol. The van der Waals surface area contributed by atoms with Crippen LogP contribution in [0.5, 0.6) is 0 Å². The summed E-state index contributed by atoms with van der Waals surface area (Å²) in [7, 11) is 0. The van der Waals surface area contributed by atoms with Crippen LogP contribution in [0.1, 0.15) is 17.3 Å². The molecule has 2 N–H and O–H groups in total. The number of aromatic carboxylic acids is 1. The smallest absolute Gasteiger partial charge is 0.335 e. The third kappa shape index (κ3) is 3.70. The van der Waals surface area contributed by atoms with Crippen LogP contribution in [-0.4, -0.2) is 35.8 Å². The van der Waals surface area contributed by atoms with Gasteiger partial charge in [-0.3, -0.25) is 10.1 Å². The first-order valence-electron chi connectivity index (χ1n) is 5.39. The minimum Gasteiger partial charge on any atom is -0.478 e. The quantitative estimate of drug-likeness (QED) is 0.436. The molecule has 0 radical (unpaired) electrons. The molecule has 1 rings (SSSR count). The predicted octanol–water partition coefficient (Wildman–Crippen LogP) is 1.74. The molecule has 1 aromatic rings. The van der Waals surface area contributed by atoms with Crippen molar-refractivity contribution < 1.29 is 19.6 Å². The third-order valence-corrected chi connectivity index (χ3v) is 2.21. The molecule has 0 aliphatic heterocycles. The maximum Gasteiger partial charge on any atom is 0.335 e. The Balaban J connectivity index is 2.86. The van der Waals surface area contributed by atoms with Crippen LogP contribution in [0.4, 0.5) is 11.4 Å². The van der Waals surface area contributed by atoms with Crippen molar-refractivity contribution in [2.75, 3.05) is 25.1 Å². The largest absolute Gasteiger partial charge is 0.478 e. The van der Waals surface area contributed by atoms with Crippen LogP contribution in [0.3, 0.4) is 0 Å². The Hall–Kier alpha value is -2.15. The number of hydrogen-bond donors (Lipinski definition) is 2. The van der Waals surface area contributed by atoms with Gasteiger partial charge in [0, 0.05) is 19.2 Å². The van der Waals surface area contributed by atoms with Crippen LogP contribution < -0.4 is 5.32 Å². The van der Waals surface area contributed by atoms with Gasteiger partial charge in [-0.05, 0) is 19.1 Å². The molecule has 0 amide bonds. The zero-order chi connectivity index (χ0) is 13.5. The highest BCUT2D eigenvalue weighted by Gasteiger charge is 2.15. The molecule has 0 saturated carbocycles. The van der Waals surface area contributed by atoms with Gasteiger partial charge in [-0.2, -0.15) is 0 Å². The summed E-state index contributed by atoms with van der Waals surface area (Å²) in [6, 6.07) is 3.62. The predicted molar refractivity (Wildman–Crippen MR) is 65.0 cm³/mol. The molecule has 0 spiro atoms. The second-order valence-electron chi connectivity index (χ2n) is 3.42. The van der Waals surface area contributed by atoms with Gasteiger partial charge in [-0.15, -0.1) is 0 Å². The summed E-state index contributed by atoms with van der Waals surface area (Å²) < 4.78 is 5.08. The Morgan fingerprint density at radius 3 is 2.83 bits per heavy atom. The molecular formula is C11H14N2O5. The number of carboxylic acids is 1. The number of rotatable bonds is 7. The van der Waals surface area contributed by atoms with Gasteiger partial charge in [0.05, 0.1) is 17.1 Å². The molecule has 98 valence electrons. The lowest BCUT2D eigenvalue weighted by atomic mass is 10.1. The number of benzene rings is 1. The van der Waals surface area contributed by atoms with E-state index in [1.807, 2.05) is 6.92 Å². The standard InChI is InChI=1S/C11H14N2O5/c1-2-18-6-5-12-9-7-8(11(14)15)3-4-10(9)13(16)17/h3-4,7,12H,2,5-6H2,1H3,(H,14,15). The van der Waals surface area contributed by atoms with Gasteiger partial charge in [-0.25, -0.2) is 4.79 Å². The zero-order valence-corrected chi connectivity index (χ0v) is 9.88. The first-order chi connectivity index (χ1) is 8.56. The molecule has 7 nitrogen and oxygen atoms in total. The fourth-order valence-electron chi connectivity index (χ4n) is 1.37. The number of nitro groups is 1. The van der Waals surface area contributed by atoms with Crippen LogP contribution in [0, 0.1) is 10.1 Å². The van der Waals surface area contributed by atoms with Crippen molar-refractivity contribution >= 4 is 17.3 Å². The van der Waals surface area contributed by atoms with Crippen molar-refractivity contribution in [3.05, 3.63) is 33.9 Å². The van der Waals surface area contributed by atoms with E-state index >= 15 is 0 Å². The van der Waals surface area contributed by atoms with Crippen LogP contribution in [0.25, 0.3) is 0 Å². The lowest BCUT2D eigenvalue weighted by Gasteiger charge is -2.07. The number of ether oxygens (including phenoxy) is 1. The number of anilines is 1. The lowest BCUT2D eigenvalue weighted by Crippen LogP contribution is -2.11. The maximum absolute atomic E-state index is 10.8. The van der Waals surface area contributed by atoms with E-state index in [1.165, 1.54) is 18.2 Å². The number of nitrogens with one attached hydrogen (secondary N) is 1. The summed E-state index contributed by atoms with van der Waals surface area (Å²) in [5.74, 6) is -1.13. The van der Waals surface area contributed by atoms with Gasteiger partial charge in [0.25, 0.3) is 5.69 Å². The van der Waals surface area contributed by atoms with Crippen LogP contribution in [-0.2, 0) is 4.74 Å². The van der Waals surface area contributed by atoms with Crippen molar-refractivity contribution in [1.29, 1.82) is 0 Å². The molecule has 0 atom stereocenters. The molecule has 0 bridgehead atoms. The van der Waals surface area contributed by atoms with Gasteiger partial charge in [0.15, 0.2) is 0 Å². The Morgan fingerprint density at radius 1 is 1.56 bits per heavy atom. The topological polar surface area (TPSA) is 102 Å². The van der Waals surface area contributed by atoms with Crippen molar-refractivity contribution in [3.8, 4) is 0 Å². The summed E-state index contributed by atoms with van der Waals surface area (Å²) in [4.78, 5) is 21.0. The lowest BCUT2D eigenvalue weighted by molar-refractivity contribution is -0.384. The van der Waals surface area contributed by atoms with Gasteiger partial charge < -0.3 is 15.2 Å². The molecule has 0 saturated heterocycles. The highest BCUT2D eigenvalue weighted by Crippen LogP contribution is 2.25. The van der Waals surface area contributed by atoms with E-state index in [4.69, 9.17) is 9.84 Å². The maximum atomic E-state index is 10.8. The Morgan fingerprint density at radius 2 is 2.28 bits per heavy atom. The third-order valence-electron chi connectivity index (χ3n) is 2.21. The summed E-state index contributed by atoms with van der Waals surface area (Å²) >= 11 is 0. The zero-order valence-electron chi connectivity index (χ0n) is 9.88. The van der Waals surface area contributed by atoms with Gasteiger partial charge in [0.2, 0.25) is 0 Å². The number of nitro benzene ring substituents is 1. The first-order valence-corrected chi connectivity index (χ1v) is 5.39. The van der Waals surface area contributed by atoms with Gasteiger partial charge >= 0.3 is 5.97 Å². The van der Waals surface area contributed by atoms with E-state index in [-0.39, 0.29) is 16.9 Å². The molecule has 0 aliphatic carbocycles. The second kappa shape index (κ2) is 6.55. The first kappa shape index (κ1) is 13.9. The average molecular weight is 254 g/mol. The van der Waals surface area contributed by atoms with Gasteiger partial charge in [0.1, 0.15) is 5.69 Å². The van der Waals surface area contributed by atoms with E-state index < -0.39 is 10.9 Å². The fourth-order valence-corrected chi connectivity index (χ4v) is 1.37. The summed E-state index contributed by atoms with van der Waals surface area (Å²) in [6.45, 7) is 3.16. The molecule has 0 aromatic heterocycles. The minimum absolute atomic E-state index is 0.000454. The Bertz CT molecular complexity index is 447. The average Bonchev–Trinajstić information content (AvgIpc) is 2.34. The van der Waals surface area contributed by atoms with E-state index in [0.717, 1.165) is 0 Å². The molecule has 0 heterocycles. The van der Waals surface area contributed by atoms with Crippen molar-refractivity contribution in [2.45, 2.75) is 6.92 Å². The van der Waals surface area contributed by atoms with Crippen LogP contribution >= 0.6 is 0 Å². The SMILES string of the molecule is CCOCCNc1cc(C(=O)O)ccc1[N+](=O)[O-]. The fraction of sp³-hybridized carbons (Fsp3) is 0.364. The Kier molecular flexibility index (Phi) is 5.06. The van der Waals surface area contributed by atoms with Crippen molar-refractivity contribution in [1.82, 2.24) is 0 Å². The monoisotopic (exact) mass is 254 g/mol. The van der Waals surface area contributed by atoms with E-state index in [1.54, 1.807) is 0 Å². The highest BCUT2D eigenvalue weighted by molar-refractivity contribution is 5.90. The number of nitrogens with zero attached hydrogens (tertiary/aromatic N) is 1. The molecule has 0 fully saturated rings.